The lowest BCUT2D eigenvalue weighted by Crippen LogP contribution is -2.12. The third-order valence-electron chi connectivity index (χ3n) is 1.79. The minimum Gasteiger partial charge on any atom is -0.477 e. The zero-order chi connectivity index (χ0) is 10.9. The first-order chi connectivity index (χ1) is 6.43. The molecule has 0 fully saturated rings. The van der Waals surface area contributed by atoms with Crippen LogP contribution in [0, 0.1) is 6.92 Å². The van der Waals surface area contributed by atoms with Crippen molar-refractivity contribution in [2.75, 3.05) is 0 Å². The zero-order valence-electron chi connectivity index (χ0n) is 7.87. The number of ketones is 1. The van der Waals surface area contributed by atoms with Crippen molar-refractivity contribution in [2.45, 2.75) is 20.4 Å². The van der Waals surface area contributed by atoms with Gasteiger partial charge >= 0.3 is 5.97 Å². The van der Waals surface area contributed by atoms with Crippen molar-refractivity contribution >= 4 is 23.4 Å². The Kier molecular flexibility index (Phi) is 2.96. The van der Waals surface area contributed by atoms with E-state index in [0.717, 1.165) is 0 Å². The number of carboxylic acid groups (broad SMARTS) is 1. The number of halogens is 1. The average Bonchev–Trinajstić information content (AvgIpc) is 2.26. The number of aryl methyl sites for hydroxylation is 1. The van der Waals surface area contributed by atoms with Crippen LogP contribution in [0.5, 0.6) is 0 Å². The second-order valence-corrected chi connectivity index (χ2v) is 3.49. The molecule has 0 saturated carbocycles. The number of aromatic nitrogens is 1. The van der Waals surface area contributed by atoms with Crippen LogP contribution in [-0.4, -0.2) is 21.4 Å². The second kappa shape index (κ2) is 3.84. The minimum absolute atomic E-state index is 0.0284. The molecule has 0 unspecified atom stereocenters. The van der Waals surface area contributed by atoms with Crippen molar-refractivity contribution in [1.29, 1.82) is 0 Å². The average molecular weight is 216 g/mol. The summed E-state index contributed by atoms with van der Waals surface area (Å²) >= 11 is 5.78. The van der Waals surface area contributed by atoms with Gasteiger partial charge < -0.3 is 9.67 Å². The van der Waals surface area contributed by atoms with Crippen LogP contribution in [0.3, 0.4) is 0 Å². The van der Waals surface area contributed by atoms with Gasteiger partial charge in [0, 0.05) is 6.20 Å². The highest BCUT2D eigenvalue weighted by Gasteiger charge is 2.18. The van der Waals surface area contributed by atoms with Gasteiger partial charge in [0.05, 0.1) is 11.6 Å². The van der Waals surface area contributed by atoms with Crippen molar-refractivity contribution in [2.24, 2.45) is 0 Å². The first kappa shape index (κ1) is 10.8. The van der Waals surface area contributed by atoms with Crippen molar-refractivity contribution in [3.63, 3.8) is 0 Å². The topological polar surface area (TPSA) is 59.3 Å². The Morgan fingerprint density at radius 3 is 2.57 bits per heavy atom. The number of hydrogen-bond acceptors (Lipinski definition) is 2. The van der Waals surface area contributed by atoms with E-state index < -0.39 is 5.97 Å². The molecule has 14 heavy (non-hydrogen) atoms. The van der Waals surface area contributed by atoms with Crippen LogP contribution in [0.15, 0.2) is 6.20 Å². The quantitative estimate of drug-likeness (QED) is 0.836. The van der Waals surface area contributed by atoms with Gasteiger partial charge in [-0.15, -0.1) is 0 Å². The van der Waals surface area contributed by atoms with E-state index in [4.69, 9.17) is 16.7 Å². The van der Waals surface area contributed by atoms with Crippen LogP contribution in [0.2, 0.25) is 5.02 Å². The number of carbonyl (C=O) groups is 2. The molecule has 5 heteroatoms. The number of nitrogens with zero attached hydrogens (tertiary/aromatic N) is 1. The molecule has 0 saturated heterocycles. The lowest BCUT2D eigenvalue weighted by Gasteiger charge is -2.02. The fourth-order valence-corrected chi connectivity index (χ4v) is 1.49. The largest absolute Gasteiger partial charge is 0.477 e. The fraction of sp³-hybridized carbons (Fsp3) is 0.333. The number of aromatic carboxylic acids is 1. The fourth-order valence-electron chi connectivity index (χ4n) is 1.25. The Bertz CT molecular complexity index is 395. The lowest BCUT2D eigenvalue weighted by molar-refractivity contribution is -0.117. The molecule has 76 valence electrons. The maximum atomic E-state index is 10.9. The van der Waals surface area contributed by atoms with E-state index in [1.165, 1.54) is 11.5 Å². The van der Waals surface area contributed by atoms with E-state index in [1.54, 1.807) is 13.1 Å². The molecule has 0 bridgehead atoms. The van der Waals surface area contributed by atoms with Crippen LogP contribution in [0.4, 0.5) is 0 Å². The molecular weight excluding hydrogens is 206 g/mol. The van der Waals surface area contributed by atoms with Crippen molar-refractivity contribution in [3.8, 4) is 0 Å². The summed E-state index contributed by atoms with van der Waals surface area (Å²) in [6.07, 6.45) is 1.56. The number of carboxylic acids is 1. The molecule has 0 amide bonds. The predicted molar refractivity (Wildman–Crippen MR) is 51.8 cm³/mol. The molecule has 0 spiro atoms. The van der Waals surface area contributed by atoms with Gasteiger partial charge in [-0.25, -0.2) is 4.79 Å². The van der Waals surface area contributed by atoms with E-state index in [-0.39, 0.29) is 23.0 Å². The highest BCUT2D eigenvalue weighted by atomic mass is 35.5. The number of carbonyl (C=O) groups excluding carboxylic acids is 1. The van der Waals surface area contributed by atoms with E-state index in [1.807, 2.05) is 0 Å². The summed E-state index contributed by atoms with van der Waals surface area (Å²) in [6, 6.07) is 0. The molecule has 4 nitrogen and oxygen atoms in total. The van der Waals surface area contributed by atoms with Crippen LogP contribution >= 0.6 is 11.6 Å². The molecule has 1 N–H and O–H groups in total. The van der Waals surface area contributed by atoms with Gasteiger partial charge in [-0.05, 0) is 19.4 Å². The summed E-state index contributed by atoms with van der Waals surface area (Å²) < 4.78 is 1.35. The molecule has 0 atom stereocenters. The molecule has 0 aliphatic heterocycles. The molecule has 0 aliphatic rings. The van der Waals surface area contributed by atoms with E-state index in [9.17, 15) is 9.59 Å². The van der Waals surface area contributed by atoms with Crippen LogP contribution in [0.25, 0.3) is 0 Å². The Balaban J connectivity index is 3.22. The van der Waals surface area contributed by atoms with Crippen molar-refractivity contribution < 1.29 is 14.7 Å². The molecule has 1 rings (SSSR count). The van der Waals surface area contributed by atoms with Crippen LogP contribution in [-0.2, 0) is 11.3 Å². The summed E-state index contributed by atoms with van der Waals surface area (Å²) in [5.41, 5.74) is 0.629. The van der Waals surface area contributed by atoms with E-state index >= 15 is 0 Å². The Morgan fingerprint density at radius 1 is 1.57 bits per heavy atom. The summed E-state index contributed by atoms with van der Waals surface area (Å²) in [5.74, 6) is -1.23. The highest BCUT2D eigenvalue weighted by Crippen LogP contribution is 2.22. The third-order valence-corrected chi connectivity index (χ3v) is 2.26. The van der Waals surface area contributed by atoms with Crippen molar-refractivity contribution in [3.05, 3.63) is 22.5 Å². The molecular formula is C9H10ClNO3. The highest BCUT2D eigenvalue weighted by molar-refractivity contribution is 6.34. The molecule has 0 aromatic carbocycles. The maximum absolute atomic E-state index is 10.9. The van der Waals surface area contributed by atoms with Crippen LogP contribution < -0.4 is 0 Å². The summed E-state index contributed by atoms with van der Waals surface area (Å²) in [4.78, 5) is 21.7. The monoisotopic (exact) mass is 215 g/mol. The first-order valence-electron chi connectivity index (χ1n) is 4.01. The standard InChI is InChI=1S/C9H10ClNO3/c1-5-3-11(4-6(2)12)8(7(5)10)9(13)14/h3H,4H2,1-2H3,(H,13,14). The summed E-state index contributed by atoms with van der Waals surface area (Å²) in [6.45, 7) is 3.13. The van der Waals surface area contributed by atoms with Gasteiger partial charge in [0.2, 0.25) is 0 Å². The van der Waals surface area contributed by atoms with E-state index in [2.05, 4.69) is 0 Å². The normalized spacial score (nSPS) is 10.2. The molecule has 0 radical (unpaired) electrons. The Morgan fingerprint density at radius 2 is 2.14 bits per heavy atom. The van der Waals surface area contributed by atoms with Gasteiger partial charge in [0.25, 0.3) is 0 Å². The minimum atomic E-state index is -1.12. The molecule has 1 aromatic rings. The van der Waals surface area contributed by atoms with Crippen molar-refractivity contribution in [1.82, 2.24) is 4.57 Å². The van der Waals surface area contributed by atoms with E-state index in [0.29, 0.717) is 5.56 Å². The summed E-state index contributed by atoms with van der Waals surface area (Å²) in [7, 11) is 0. The Hall–Kier alpha value is -1.29. The van der Waals surface area contributed by atoms with Gasteiger partial charge in [-0.3, -0.25) is 4.79 Å². The number of rotatable bonds is 3. The third kappa shape index (κ3) is 1.96. The van der Waals surface area contributed by atoms with Gasteiger partial charge in [-0.1, -0.05) is 11.6 Å². The summed E-state index contributed by atoms with van der Waals surface area (Å²) in [5, 5.41) is 9.05. The second-order valence-electron chi connectivity index (χ2n) is 3.11. The van der Waals surface area contributed by atoms with Crippen LogP contribution in [0.1, 0.15) is 23.0 Å². The first-order valence-corrected chi connectivity index (χ1v) is 4.39. The zero-order valence-corrected chi connectivity index (χ0v) is 8.63. The molecule has 1 heterocycles. The molecule has 0 aliphatic carbocycles. The number of hydrogen-bond donors (Lipinski definition) is 1. The predicted octanol–water partition coefficient (Wildman–Crippen LogP) is 1.74. The van der Waals surface area contributed by atoms with Gasteiger partial charge in [-0.2, -0.15) is 0 Å². The molecule has 1 aromatic heterocycles. The van der Waals surface area contributed by atoms with Gasteiger partial charge in [0.1, 0.15) is 11.5 Å². The SMILES string of the molecule is CC(=O)Cn1cc(C)c(Cl)c1C(=O)O. The maximum Gasteiger partial charge on any atom is 0.354 e. The smallest absolute Gasteiger partial charge is 0.354 e. The van der Waals surface area contributed by atoms with Gasteiger partial charge in [0.15, 0.2) is 0 Å². The lowest BCUT2D eigenvalue weighted by atomic mass is 10.3. The number of Topliss-reactive ketones (excluding diaryl/α,β-unsaturated/α-hetero) is 1. The Labute approximate surface area is 86.1 Å².